The van der Waals surface area contributed by atoms with E-state index in [2.05, 4.69) is 0 Å². The minimum absolute atomic E-state index is 0.270. The number of rotatable bonds is 0. The van der Waals surface area contributed by atoms with Crippen LogP contribution in [0.3, 0.4) is 0 Å². The zero-order valence-electron chi connectivity index (χ0n) is 6.51. The molecule has 0 heterocycles. The lowest BCUT2D eigenvalue weighted by Crippen LogP contribution is -2.18. The highest BCUT2D eigenvalue weighted by Crippen LogP contribution is 2.61. The molecule has 12 heavy (non-hydrogen) atoms. The summed E-state index contributed by atoms with van der Waals surface area (Å²) in [6, 6.07) is 0. The summed E-state index contributed by atoms with van der Waals surface area (Å²) < 4.78 is 36.6. The van der Waals surface area contributed by atoms with Crippen LogP contribution in [0.15, 0.2) is 0 Å². The van der Waals surface area contributed by atoms with Crippen LogP contribution in [-0.4, -0.2) is 17.4 Å². The van der Waals surface area contributed by atoms with Gasteiger partial charge < -0.3 is 5.11 Å². The van der Waals surface area contributed by atoms with Gasteiger partial charge in [-0.25, -0.2) is 0 Å². The zero-order valence-corrected chi connectivity index (χ0v) is 6.51. The highest BCUT2D eigenvalue weighted by Gasteiger charge is 2.66. The molecule has 0 radical (unpaired) electrons. The lowest BCUT2D eigenvalue weighted by molar-refractivity contribution is -0.156. The summed E-state index contributed by atoms with van der Waals surface area (Å²) in [4.78, 5) is 0. The Bertz CT molecular complexity index is 189. The second-order valence-corrected chi connectivity index (χ2v) is 3.81. The molecule has 2 saturated carbocycles. The van der Waals surface area contributed by atoms with Crippen LogP contribution < -0.4 is 0 Å². The third-order valence-electron chi connectivity index (χ3n) is 3.09. The second-order valence-electron chi connectivity index (χ2n) is 3.81. The molecule has 1 nitrogen and oxygen atoms in total. The van der Waals surface area contributed by atoms with Crippen LogP contribution >= 0.6 is 0 Å². The molecule has 2 aliphatic rings. The van der Waals surface area contributed by atoms with Crippen LogP contribution in [0, 0.1) is 17.8 Å². The third-order valence-corrected chi connectivity index (χ3v) is 3.09. The van der Waals surface area contributed by atoms with Crippen LogP contribution in [0.4, 0.5) is 13.2 Å². The number of alkyl halides is 3. The lowest BCUT2D eigenvalue weighted by Gasteiger charge is -2.14. The first-order valence-corrected chi connectivity index (χ1v) is 4.26. The number of aliphatic hydroxyl groups is 1. The van der Waals surface area contributed by atoms with Gasteiger partial charge in [-0.1, -0.05) is 6.42 Å². The SMILES string of the molecule is O[C@@H]1CCC[C@H]2[C@@H]1[C@@H]2C(F)(F)F. The summed E-state index contributed by atoms with van der Waals surface area (Å²) in [6.45, 7) is 0. The van der Waals surface area contributed by atoms with E-state index in [4.69, 9.17) is 0 Å². The zero-order chi connectivity index (χ0) is 8.93. The van der Waals surface area contributed by atoms with Gasteiger partial charge in [0.25, 0.3) is 0 Å². The molecule has 1 N–H and O–H groups in total. The highest BCUT2D eigenvalue weighted by molar-refractivity contribution is 5.06. The Morgan fingerprint density at radius 2 is 1.83 bits per heavy atom. The van der Waals surface area contributed by atoms with Gasteiger partial charge in [-0.05, 0) is 24.7 Å². The number of hydrogen-bond donors (Lipinski definition) is 1. The number of halogens is 3. The summed E-state index contributed by atoms with van der Waals surface area (Å²) in [5, 5.41) is 9.25. The van der Waals surface area contributed by atoms with Gasteiger partial charge >= 0.3 is 6.18 Å². The first kappa shape index (κ1) is 8.35. The van der Waals surface area contributed by atoms with Gasteiger partial charge in [0, 0.05) is 0 Å². The summed E-state index contributed by atoms with van der Waals surface area (Å²) in [7, 11) is 0. The molecule has 2 fully saturated rings. The summed E-state index contributed by atoms with van der Waals surface area (Å²) in [5.41, 5.74) is 0. The van der Waals surface area contributed by atoms with Crippen molar-refractivity contribution in [2.24, 2.45) is 17.8 Å². The van der Waals surface area contributed by atoms with E-state index < -0.39 is 24.1 Å². The van der Waals surface area contributed by atoms with E-state index in [0.29, 0.717) is 12.8 Å². The van der Waals surface area contributed by atoms with Crippen molar-refractivity contribution in [1.29, 1.82) is 0 Å². The second kappa shape index (κ2) is 2.37. The molecule has 0 bridgehead atoms. The molecule has 0 spiro atoms. The molecule has 4 heteroatoms. The number of fused-ring (bicyclic) bond motifs is 1. The topological polar surface area (TPSA) is 20.2 Å². The van der Waals surface area contributed by atoms with E-state index in [1.807, 2.05) is 0 Å². The van der Waals surface area contributed by atoms with E-state index in [9.17, 15) is 18.3 Å². The van der Waals surface area contributed by atoms with Crippen molar-refractivity contribution in [1.82, 2.24) is 0 Å². The maximum absolute atomic E-state index is 12.2. The standard InChI is InChI=1S/C8H11F3O/c9-8(10,11)7-4-2-1-3-5(12)6(4)7/h4-7,12H,1-3H2/t4-,5+,6-,7+/m0/s1. The molecule has 0 unspecified atom stereocenters. The van der Waals surface area contributed by atoms with Crippen molar-refractivity contribution in [3.63, 3.8) is 0 Å². The number of aliphatic hydroxyl groups excluding tert-OH is 1. The Morgan fingerprint density at radius 1 is 1.17 bits per heavy atom. The van der Waals surface area contributed by atoms with E-state index in [-0.39, 0.29) is 5.92 Å². The molecule has 0 saturated heterocycles. The van der Waals surface area contributed by atoms with Gasteiger partial charge in [-0.3, -0.25) is 0 Å². The van der Waals surface area contributed by atoms with Crippen LogP contribution in [0.5, 0.6) is 0 Å². The quantitative estimate of drug-likeness (QED) is 0.604. The highest BCUT2D eigenvalue weighted by atomic mass is 19.4. The van der Waals surface area contributed by atoms with Crippen molar-refractivity contribution in [3.8, 4) is 0 Å². The first-order valence-electron chi connectivity index (χ1n) is 4.26. The van der Waals surface area contributed by atoms with Gasteiger partial charge in [0.2, 0.25) is 0 Å². The summed E-state index contributed by atoms with van der Waals surface area (Å²) >= 11 is 0. The van der Waals surface area contributed by atoms with Crippen molar-refractivity contribution >= 4 is 0 Å². The van der Waals surface area contributed by atoms with Gasteiger partial charge in [-0.15, -0.1) is 0 Å². The average molecular weight is 180 g/mol. The van der Waals surface area contributed by atoms with Crippen LogP contribution in [0.1, 0.15) is 19.3 Å². The van der Waals surface area contributed by atoms with E-state index in [0.717, 1.165) is 6.42 Å². The van der Waals surface area contributed by atoms with Crippen molar-refractivity contribution in [2.45, 2.75) is 31.5 Å². The molecule has 0 aromatic carbocycles. The Kier molecular flexibility index (Phi) is 1.65. The Balaban J connectivity index is 2.05. The smallest absolute Gasteiger partial charge is 0.392 e. The first-order chi connectivity index (χ1) is 5.52. The minimum atomic E-state index is -4.08. The largest absolute Gasteiger partial charge is 0.393 e. The monoisotopic (exact) mass is 180 g/mol. The molecular formula is C8H11F3O. The van der Waals surface area contributed by atoms with Crippen molar-refractivity contribution in [2.75, 3.05) is 0 Å². The molecule has 0 aromatic rings. The third kappa shape index (κ3) is 1.13. The predicted molar refractivity (Wildman–Crippen MR) is 36.4 cm³/mol. The Morgan fingerprint density at radius 3 is 2.33 bits per heavy atom. The van der Waals surface area contributed by atoms with Crippen LogP contribution in [0.2, 0.25) is 0 Å². The maximum Gasteiger partial charge on any atom is 0.392 e. The molecule has 4 atom stereocenters. The molecule has 0 amide bonds. The minimum Gasteiger partial charge on any atom is -0.393 e. The van der Waals surface area contributed by atoms with Gasteiger partial charge in [-0.2, -0.15) is 13.2 Å². The average Bonchev–Trinajstić information content (AvgIpc) is 2.60. The van der Waals surface area contributed by atoms with Gasteiger partial charge in [0.1, 0.15) is 0 Å². The molecule has 0 aromatic heterocycles. The van der Waals surface area contributed by atoms with E-state index in [1.165, 1.54) is 0 Å². The normalized spacial score (nSPS) is 47.0. The van der Waals surface area contributed by atoms with Crippen LogP contribution in [0.25, 0.3) is 0 Å². The summed E-state index contributed by atoms with van der Waals surface area (Å²) in [6.07, 6.45) is -2.84. The fraction of sp³-hybridized carbons (Fsp3) is 1.00. The maximum atomic E-state index is 12.2. The van der Waals surface area contributed by atoms with Crippen molar-refractivity contribution < 1.29 is 18.3 Å². The van der Waals surface area contributed by atoms with E-state index >= 15 is 0 Å². The van der Waals surface area contributed by atoms with Gasteiger partial charge in [0.15, 0.2) is 0 Å². The lowest BCUT2D eigenvalue weighted by atomic mass is 9.98. The van der Waals surface area contributed by atoms with Crippen molar-refractivity contribution in [3.05, 3.63) is 0 Å². The Labute approximate surface area is 68.6 Å². The molecule has 2 aliphatic carbocycles. The molecular weight excluding hydrogens is 169 g/mol. The summed E-state index contributed by atoms with van der Waals surface area (Å²) in [5.74, 6) is -1.94. The number of hydrogen-bond acceptors (Lipinski definition) is 1. The Hall–Kier alpha value is -0.250. The molecule has 0 aliphatic heterocycles. The van der Waals surface area contributed by atoms with E-state index in [1.54, 1.807) is 0 Å². The fourth-order valence-electron chi connectivity index (χ4n) is 2.51. The van der Waals surface area contributed by atoms with Crippen LogP contribution in [-0.2, 0) is 0 Å². The molecule has 2 rings (SSSR count). The fourth-order valence-corrected chi connectivity index (χ4v) is 2.51. The predicted octanol–water partition coefficient (Wildman–Crippen LogP) is 1.96. The molecule has 70 valence electrons. The van der Waals surface area contributed by atoms with Gasteiger partial charge in [0.05, 0.1) is 12.0 Å².